The van der Waals surface area contributed by atoms with Crippen LogP contribution in [0.2, 0.25) is 0 Å². The van der Waals surface area contributed by atoms with Crippen molar-refractivity contribution in [2.24, 2.45) is 0 Å². The lowest BCUT2D eigenvalue weighted by atomic mass is 9.94. The van der Waals surface area contributed by atoms with Crippen LogP contribution in [0.5, 0.6) is 5.75 Å². The number of carbonyl (C=O) groups is 1. The third kappa shape index (κ3) is 3.53. The molecular formula is C20H22N6O2. The fourth-order valence-electron chi connectivity index (χ4n) is 3.68. The number of benzene rings is 2. The Morgan fingerprint density at radius 2 is 1.86 bits per heavy atom. The summed E-state index contributed by atoms with van der Waals surface area (Å²) in [6.07, 6.45) is 0. The standard InChI is InChI=1S/C20H22N6O2/c1-14(27)21-19-13-25(12-18(19)15-8-10-17(28-2)11-9-15)20-22-23-24-26(20)16-6-4-3-5-7-16/h3-11,18-19H,12-13H2,1-2H3,(H,21,27)/t18-,19+/m0/s1. The van der Waals surface area contributed by atoms with Crippen molar-refractivity contribution >= 4 is 11.9 Å². The summed E-state index contributed by atoms with van der Waals surface area (Å²) in [7, 11) is 1.65. The van der Waals surface area contributed by atoms with Crippen molar-refractivity contribution in [2.45, 2.75) is 18.9 Å². The number of tetrazole rings is 1. The molecular weight excluding hydrogens is 356 g/mol. The molecule has 1 fully saturated rings. The number of rotatable bonds is 5. The van der Waals surface area contributed by atoms with Gasteiger partial charge in [-0.15, -0.1) is 0 Å². The Labute approximate surface area is 163 Å². The first-order valence-electron chi connectivity index (χ1n) is 9.15. The zero-order valence-corrected chi connectivity index (χ0v) is 15.8. The van der Waals surface area contributed by atoms with E-state index in [4.69, 9.17) is 4.74 Å². The van der Waals surface area contributed by atoms with Crippen molar-refractivity contribution in [3.8, 4) is 11.4 Å². The smallest absolute Gasteiger partial charge is 0.250 e. The average Bonchev–Trinajstić information content (AvgIpc) is 3.35. The van der Waals surface area contributed by atoms with E-state index in [9.17, 15) is 4.79 Å². The maximum atomic E-state index is 11.8. The monoisotopic (exact) mass is 378 g/mol. The third-order valence-electron chi connectivity index (χ3n) is 4.99. The fraction of sp³-hybridized carbons (Fsp3) is 0.300. The third-order valence-corrected chi connectivity index (χ3v) is 4.99. The van der Waals surface area contributed by atoms with Gasteiger partial charge in [-0.2, -0.15) is 4.68 Å². The van der Waals surface area contributed by atoms with E-state index in [0.29, 0.717) is 19.0 Å². The molecule has 1 aliphatic rings. The van der Waals surface area contributed by atoms with Gasteiger partial charge in [-0.05, 0) is 40.3 Å². The summed E-state index contributed by atoms with van der Waals surface area (Å²) in [5.41, 5.74) is 2.03. The summed E-state index contributed by atoms with van der Waals surface area (Å²) in [6, 6.07) is 17.7. The molecule has 3 aromatic rings. The fourth-order valence-corrected chi connectivity index (χ4v) is 3.68. The van der Waals surface area contributed by atoms with Crippen LogP contribution in [0.1, 0.15) is 18.4 Å². The summed E-state index contributed by atoms with van der Waals surface area (Å²) in [6.45, 7) is 2.87. The zero-order chi connectivity index (χ0) is 19.5. The minimum atomic E-state index is -0.0481. The molecule has 8 nitrogen and oxygen atoms in total. The second-order valence-electron chi connectivity index (χ2n) is 6.82. The molecule has 2 heterocycles. The van der Waals surface area contributed by atoms with Gasteiger partial charge in [0.1, 0.15) is 5.75 Å². The maximum Gasteiger partial charge on any atom is 0.250 e. The molecule has 1 N–H and O–H groups in total. The molecule has 4 rings (SSSR count). The largest absolute Gasteiger partial charge is 0.497 e. The normalized spacial score (nSPS) is 18.9. The molecule has 0 radical (unpaired) electrons. The number of amides is 1. The predicted molar refractivity (Wildman–Crippen MR) is 105 cm³/mol. The molecule has 0 saturated carbocycles. The first kappa shape index (κ1) is 18.0. The van der Waals surface area contributed by atoms with Gasteiger partial charge in [0.05, 0.1) is 18.8 Å². The minimum absolute atomic E-state index is 0.0354. The number of ether oxygens (including phenoxy) is 1. The number of methoxy groups -OCH3 is 1. The lowest BCUT2D eigenvalue weighted by Gasteiger charge is -2.19. The van der Waals surface area contributed by atoms with E-state index in [1.54, 1.807) is 18.7 Å². The summed E-state index contributed by atoms with van der Waals surface area (Å²) in [5.74, 6) is 1.55. The molecule has 1 aliphatic heterocycles. The lowest BCUT2D eigenvalue weighted by Crippen LogP contribution is -2.38. The van der Waals surface area contributed by atoms with Gasteiger partial charge in [-0.3, -0.25) is 4.79 Å². The second-order valence-corrected chi connectivity index (χ2v) is 6.82. The zero-order valence-electron chi connectivity index (χ0n) is 15.8. The van der Waals surface area contributed by atoms with E-state index in [1.807, 2.05) is 54.6 Å². The number of anilines is 1. The predicted octanol–water partition coefficient (Wildman–Crippen LogP) is 1.78. The number of hydrogen-bond acceptors (Lipinski definition) is 6. The van der Waals surface area contributed by atoms with Gasteiger partial charge in [0.25, 0.3) is 0 Å². The molecule has 0 spiro atoms. The second kappa shape index (κ2) is 7.67. The van der Waals surface area contributed by atoms with Crippen LogP contribution < -0.4 is 15.0 Å². The summed E-state index contributed by atoms with van der Waals surface area (Å²) in [4.78, 5) is 13.9. The van der Waals surface area contributed by atoms with Crippen molar-refractivity contribution in [1.29, 1.82) is 0 Å². The highest BCUT2D eigenvalue weighted by Gasteiger charge is 2.36. The van der Waals surface area contributed by atoms with Crippen LogP contribution in [0.15, 0.2) is 54.6 Å². The molecule has 0 unspecified atom stereocenters. The molecule has 0 aliphatic carbocycles. The number of nitrogens with zero attached hydrogens (tertiary/aromatic N) is 5. The van der Waals surface area contributed by atoms with E-state index in [0.717, 1.165) is 17.0 Å². The first-order chi connectivity index (χ1) is 13.7. The van der Waals surface area contributed by atoms with Gasteiger partial charge in [-0.1, -0.05) is 35.4 Å². The summed E-state index contributed by atoms with van der Waals surface area (Å²) < 4.78 is 6.98. The van der Waals surface area contributed by atoms with Crippen LogP contribution in [0.3, 0.4) is 0 Å². The molecule has 1 saturated heterocycles. The van der Waals surface area contributed by atoms with Gasteiger partial charge in [-0.25, -0.2) is 0 Å². The Kier molecular flexibility index (Phi) is 4.92. The van der Waals surface area contributed by atoms with Crippen molar-refractivity contribution < 1.29 is 9.53 Å². The number of carbonyl (C=O) groups excluding carboxylic acids is 1. The van der Waals surface area contributed by atoms with Gasteiger partial charge < -0.3 is 15.0 Å². The van der Waals surface area contributed by atoms with Crippen LogP contribution in [0, 0.1) is 0 Å². The average molecular weight is 378 g/mol. The molecule has 1 amide bonds. The molecule has 8 heteroatoms. The Bertz CT molecular complexity index is 941. The van der Waals surface area contributed by atoms with Crippen molar-refractivity contribution in [3.05, 3.63) is 60.2 Å². The van der Waals surface area contributed by atoms with Gasteiger partial charge in [0.15, 0.2) is 0 Å². The van der Waals surface area contributed by atoms with Crippen LogP contribution >= 0.6 is 0 Å². The molecule has 28 heavy (non-hydrogen) atoms. The van der Waals surface area contributed by atoms with Crippen molar-refractivity contribution in [1.82, 2.24) is 25.5 Å². The summed E-state index contributed by atoms with van der Waals surface area (Å²) >= 11 is 0. The Morgan fingerprint density at radius 1 is 1.11 bits per heavy atom. The molecule has 2 aromatic carbocycles. The van der Waals surface area contributed by atoms with E-state index in [1.165, 1.54) is 0 Å². The minimum Gasteiger partial charge on any atom is -0.497 e. The molecule has 144 valence electrons. The van der Waals surface area contributed by atoms with E-state index >= 15 is 0 Å². The topological polar surface area (TPSA) is 85.2 Å². The molecule has 0 bridgehead atoms. The summed E-state index contributed by atoms with van der Waals surface area (Å²) in [5, 5.41) is 15.3. The maximum absolute atomic E-state index is 11.8. The Hall–Kier alpha value is -3.42. The van der Waals surface area contributed by atoms with E-state index in [-0.39, 0.29) is 17.9 Å². The SMILES string of the molecule is COc1ccc([C@@H]2CN(c3nnnn3-c3ccccc3)C[C@H]2NC(C)=O)cc1. The van der Waals surface area contributed by atoms with Gasteiger partial charge in [0.2, 0.25) is 11.9 Å². The van der Waals surface area contributed by atoms with Crippen LogP contribution in [-0.4, -0.2) is 52.4 Å². The van der Waals surface area contributed by atoms with Gasteiger partial charge >= 0.3 is 0 Å². The number of hydrogen-bond donors (Lipinski definition) is 1. The first-order valence-corrected chi connectivity index (χ1v) is 9.15. The Morgan fingerprint density at radius 3 is 2.54 bits per heavy atom. The highest BCUT2D eigenvalue weighted by atomic mass is 16.5. The lowest BCUT2D eigenvalue weighted by molar-refractivity contribution is -0.119. The number of aromatic nitrogens is 4. The van der Waals surface area contributed by atoms with Crippen molar-refractivity contribution in [2.75, 3.05) is 25.1 Å². The van der Waals surface area contributed by atoms with E-state index in [2.05, 4.69) is 25.7 Å². The highest BCUT2D eigenvalue weighted by Crippen LogP contribution is 2.31. The number of para-hydroxylation sites is 1. The van der Waals surface area contributed by atoms with Crippen LogP contribution in [0.25, 0.3) is 5.69 Å². The van der Waals surface area contributed by atoms with Gasteiger partial charge in [0, 0.05) is 25.9 Å². The molecule has 1 aromatic heterocycles. The number of nitrogens with one attached hydrogen (secondary N) is 1. The van der Waals surface area contributed by atoms with Crippen LogP contribution in [0.4, 0.5) is 5.95 Å². The van der Waals surface area contributed by atoms with E-state index < -0.39 is 0 Å². The van der Waals surface area contributed by atoms with Crippen LogP contribution in [-0.2, 0) is 4.79 Å². The van der Waals surface area contributed by atoms with Crippen molar-refractivity contribution in [3.63, 3.8) is 0 Å². The Balaban J connectivity index is 1.63. The quantitative estimate of drug-likeness (QED) is 0.728. The highest BCUT2D eigenvalue weighted by molar-refractivity contribution is 5.73. The molecule has 2 atom stereocenters.